The number of hydrogen-bond acceptors (Lipinski definition) is 7. The normalized spacial score (nSPS) is 13.0. The standard InChI is InChI=1S/C26H29N3O7S2/c1-4-37(31,32)29(21-9-12-24-25(16-21)36-14-13-35-24)17-26(30)27-20-7-10-22(11-8-20)38(33,34)28-23-15-18(2)5-6-19(23)3/h5-12,15-16,28H,4,13-14,17H2,1-3H3,(H,27,30). The van der Waals surface area contributed by atoms with Gasteiger partial charge in [-0.25, -0.2) is 16.8 Å². The third-order valence-electron chi connectivity index (χ3n) is 5.89. The number of nitrogens with zero attached hydrogens (tertiary/aromatic N) is 1. The Morgan fingerprint density at radius 2 is 1.58 bits per heavy atom. The van der Waals surface area contributed by atoms with Crippen molar-refractivity contribution in [1.82, 2.24) is 0 Å². The molecule has 202 valence electrons. The fourth-order valence-corrected chi connectivity index (χ4v) is 5.97. The maximum absolute atomic E-state index is 12.9. The van der Waals surface area contributed by atoms with Gasteiger partial charge in [-0.2, -0.15) is 0 Å². The summed E-state index contributed by atoms with van der Waals surface area (Å²) in [4.78, 5) is 12.9. The molecule has 3 aromatic carbocycles. The molecule has 1 aliphatic heterocycles. The second-order valence-corrected chi connectivity index (χ2v) is 12.6. The van der Waals surface area contributed by atoms with Gasteiger partial charge in [0.2, 0.25) is 15.9 Å². The smallest absolute Gasteiger partial charge is 0.261 e. The lowest BCUT2D eigenvalue weighted by molar-refractivity contribution is -0.114. The number of fused-ring (bicyclic) bond motifs is 1. The number of benzene rings is 3. The predicted octanol–water partition coefficient (Wildman–Crippen LogP) is 3.67. The number of carbonyl (C=O) groups is 1. The Bertz CT molecular complexity index is 1550. The van der Waals surface area contributed by atoms with Crippen molar-refractivity contribution < 1.29 is 31.1 Å². The van der Waals surface area contributed by atoms with Crippen molar-refractivity contribution in [2.75, 3.05) is 39.9 Å². The van der Waals surface area contributed by atoms with E-state index >= 15 is 0 Å². The highest BCUT2D eigenvalue weighted by atomic mass is 32.2. The second-order valence-electron chi connectivity index (χ2n) is 8.73. The van der Waals surface area contributed by atoms with Crippen molar-refractivity contribution in [3.05, 3.63) is 71.8 Å². The molecule has 10 nitrogen and oxygen atoms in total. The van der Waals surface area contributed by atoms with Crippen molar-refractivity contribution in [1.29, 1.82) is 0 Å². The van der Waals surface area contributed by atoms with Gasteiger partial charge in [0.25, 0.3) is 10.0 Å². The van der Waals surface area contributed by atoms with E-state index in [4.69, 9.17) is 9.47 Å². The van der Waals surface area contributed by atoms with Crippen molar-refractivity contribution in [3.8, 4) is 11.5 Å². The number of rotatable bonds is 9. The average Bonchev–Trinajstić information content (AvgIpc) is 2.89. The van der Waals surface area contributed by atoms with Crippen molar-refractivity contribution >= 4 is 43.0 Å². The molecule has 0 saturated heterocycles. The highest BCUT2D eigenvalue weighted by Crippen LogP contribution is 2.35. The van der Waals surface area contributed by atoms with E-state index in [2.05, 4.69) is 10.0 Å². The van der Waals surface area contributed by atoms with Crippen LogP contribution in [0.25, 0.3) is 0 Å². The van der Waals surface area contributed by atoms with Crippen LogP contribution in [-0.4, -0.2) is 48.3 Å². The van der Waals surface area contributed by atoms with E-state index in [1.807, 2.05) is 26.0 Å². The molecule has 2 N–H and O–H groups in total. The van der Waals surface area contributed by atoms with Crippen LogP contribution < -0.4 is 23.8 Å². The molecule has 1 amide bonds. The Balaban J connectivity index is 1.48. The summed E-state index contributed by atoms with van der Waals surface area (Å²) in [5.74, 6) is 0.0902. The maximum atomic E-state index is 12.9. The summed E-state index contributed by atoms with van der Waals surface area (Å²) in [5.41, 5.74) is 2.77. The number of nitrogens with one attached hydrogen (secondary N) is 2. The van der Waals surface area contributed by atoms with E-state index < -0.39 is 32.5 Å². The Morgan fingerprint density at radius 1 is 0.895 bits per heavy atom. The molecular formula is C26H29N3O7S2. The van der Waals surface area contributed by atoms with Gasteiger partial charge in [-0.05, 0) is 74.4 Å². The van der Waals surface area contributed by atoms with Crippen LogP contribution in [0.1, 0.15) is 18.1 Å². The van der Waals surface area contributed by atoms with Gasteiger partial charge in [-0.3, -0.25) is 13.8 Å². The second kappa shape index (κ2) is 10.9. The largest absolute Gasteiger partial charge is 0.486 e. The van der Waals surface area contributed by atoms with Gasteiger partial charge in [0.15, 0.2) is 11.5 Å². The fourth-order valence-electron chi connectivity index (χ4n) is 3.79. The molecule has 0 bridgehead atoms. The number of ether oxygens (including phenoxy) is 2. The van der Waals surface area contributed by atoms with Crippen LogP contribution in [0.4, 0.5) is 17.1 Å². The number of aryl methyl sites for hydroxylation is 2. The van der Waals surface area contributed by atoms with Crippen LogP contribution in [0, 0.1) is 13.8 Å². The van der Waals surface area contributed by atoms with Crippen molar-refractivity contribution in [2.45, 2.75) is 25.7 Å². The van der Waals surface area contributed by atoms with Crippen LogP contribution in [-0.2, 0) is 24.8 Å². The molecule has 1 aliphatic rings. The summed E-state index contributed by atoms with van der Waals surface area (Å²) < 4.78 is 66.0. The van der Waals surface area contributed by atoms with Crippen LogP contribution in [0.2, 0.25) is 0 Å². The van der Waals surface area contributed by atoms with Gasteiger partial charge < -0.3 is 14.8 Å². The zero-order chi connectivity index (χ0) is 27.5. The van der Waals surface area contributed by atoms with E-state index in [1.165, 1.54) is 37.3 Å². The first-order valence-corrected chi connectivity index (χ1v) is 15.0. The third kappa shape index (κ3) is 6.20. The van der Waals surface area contributed by atoms with Gasteiger partial charge >= 0.3 is 0 Å². The van der Waals surface area contributed by atoms with E-state index in [0.717, 1.165) is 15.4 Å². The van der Waals surface area contributed by atoms with E-state index in [9.17, 15) is 21.6 Å². The topological polar surface area (TPSA) is 131 Å². The molecule has 38 heavy (non-hydrogen) atoms. The molecule has 12 heteroatoms. The molecule has 0 aromatic heterocycles. The highest BCUT2D eigenvalue weighted by Gasteiger charge is 2.26. The number of amides is 1. The summed E-state index contributed by atoms with van der Waals surface area (Å²) in [6, 6.07) is 15.8. The van der Waals surface area contributed by atoms with Gasteiger partial charge in [-0.1, -0.05) is 12.1 Å². The van der Waals surface area contributed by atoms with E-state index in [-0.39, 0.29) is 16.3 Å². The van der Waals surface area contributed by atoms with Crippen molar-refractivity contribution in [3.63, 3.8) is 0 Å². The monoisotopic (exact) mass is 559 g/mol. The minimum Gasteiger partial charge on any atom is -0.486 e. The maximum Gasteiger partial charge on any atom is 0.261 e. The molecule has 0 atom stereocenters. The average molecular weight is 560 g/mol. The zero-order valence-corrected chi connectivity index (χ0v) is 22.9. The number of hydrogen-bond donors (Lipinski definition) is 2. The Hall–Kier alpha value is -3.77. The molecule has 0 aliphatic carbocycles. The Labute approximate surface area is 222 Å². The fraction of sp³-hybridized carbons (Fsp3) is 0.269. The molecule has 0 spiro atoms. The van der Waals surface area contributed by atoms with Gasteiger partial charge in [0.1, 0.15) is 19.8 Å². The Morgan fingerprint density at radius 3 is 2.26 bits per heavy atom. The van der Waals surface area contributed by atoms with Crippen LogP contribution >= 0.6 is 0 Å². The number of carbonyl (C=O) groups excluding carboxylic acids is 1. The molecule has 0 radical (unpaired) electrons. The minimum atomic E-state index is -3.86. The first-order valence-electron chi connectivity index (χ1n) is 11.9. The van der Waals surface area contributed by atoms with Crippen LogP contribution in [0.5, 0.6) is 11.5 Å². The van der Waals surface area contributed by atoms with Gasteiger partial charge in [0, 0.05) is 11.8 Å². The molecule has 1 heterocycles. The first-order chi connectivity index (χ1) is 18.0. The van der Waals surface area contributed by atoms with E-state index in [1.54, 1.807) is 18.2 Å². The van der Waals surface area contributed by atoms with Gasteiger partial charge in [0.05, 0.1) is 22.0 Å². The van der Waals surface area contributed by atoms with Crippen LogP contribution in [0.15, 0.2) is 65.6 Å². The summed E-state index contributed by atoms with van der Waals surface area (Å²) in [5, 5.41) is 2.63. The summed E-state index contributed by atoms with van der Waals surface area (Å²) >= 11 is 0. The molecule has 3 aromatic rings. The Kier molecular flexibility index (Phi) is 7.83. The number of sulfonamides is 2. The molecule has 0 fully saturated rings. The predicted molar refractivity (Wildman–Crippen MR) is 146 cm³/mol. The molecule has 0 unspecified atom stereocenters. The quantitative estimate of drug-likeness (QED) is 0.409. The third-order valence-corrected chi connectivity index (χ3v) is 9.01. The number of anilines is 3. The minimum absolute atomic E-state index is 0.0165. The summed E-state index contributed by atoms with van der Waals surface area (Å²) in [6.45, 7) is 5.42. The lowest BCUT2D eigenvalue weighted by Gasteiger charge is -2.25. The van der Waals surface area contributed by atoms with Crippen LogP contribution in [0.3, 0.4) is 0 Å². The van der Waals surface area contributed by atoms with Crippen molar-refractivity contribution in [2.24, 2.45) is 0 Å². The zero-order valence-electron chi connectivity index (χ0n) is 21.2. The molecule has 4 rings (SSSR count). The summed E-state index contributed by atoms with van der Waals surface area (Å²) in [6.07, 6.45) is 0. The van der Waals surface area contributed by atoms with E-state index in [0.29, 0.717) is 36.1 Å². The molecular weight excluding hydrogens is 530 g/mol. The molecule has 0 saturated carbocycles. The highest BCUT2D eigenvalue weighted by molar-refractivity contribution is 7.93. The summed E-state index contributed by atoms with van der Waals surface area (Å²) in [7, 11) is -7.66. The SMILES string of the molecule is CCS(=O)(=O)N(CC(=O)Nc1ccc(S(=O)(=O)Nc2cc(C)ccc2C)cc1)c1ccc2c(c1)OCCO2. The lowest BCUT2D eigenvalue weighted by Crippen LogP contribution is -2.39. The lowest BCUT2D eigenvalue weighted by atomic mass is 10.1. The van der Waals surface area contributed by atoms with Gasteiger partial charge in [-0.15, -0.1) is 0 Å². The first kappa shape index (κ1) is 27.3.